The second-order valence-electron chi connectivity index (χ2n) is 2.74. The molecule has 8 heteroatoms. The summed E-state index contributed by atoms with van der Waals surface area (Å²) >= 11 is 6.37. The van der Waals surface area contributed by atoms with Gasteiger partial charge in [-0.3, -0.25) is 0 Å². The molecule has 0 aliphatic carbocycles. The van der Waals surface area contributed by atoms with Crippen LogP contribution in [-0.4, -0.2) is 35.8 Å². The minimum Gasteiger partial charge on any atom is -0.748 e. The molecule has 0 atom stereocenters. The van der Waals surface area contributed by atoms with Gasteiger partial charge in [0.2, 0.25) is 0 Å². The number of thioether (sulfide) groups is 1. The molecule has 0 bridgehead atoms. The molecule has 84 valence electrons. The molecular formula is C7H14KNO3S3. The van der Waals surface area contributed by atoms with Crippen LogP contribution in [0.3, 0.4) is 0 Å². The summed E-state index contributed by atoms with van der Waals surface area (Å²) in [5, 5.41) is 3.00. The average molecular weight is 295 g/mol. The smallest absolute Gasteiger partial charge is 0.748 e. The molecule has 0 aromatic heterocycles. The van der Waals surface area contributed by atoms with Crippen LogP contribution in [0.15, 0.2) is 0 Å². The van der Waals surface area contributed by atoms with E-state index in [-0.39, 0.29) is 57.1 Å². The summed E-state index contributed by atoms with van der Waals surface area (Å²) in [5.41, 5.74) is 0. The Bertz CT molecular complexity index is 269. The maximum absolute atomic E-state index is 10.2. The van der Waals surface area contributed by atoms with Crippen molar-refractivity contribution in [1.29, 1.82) is 0 Å². The number of rotatable bonds is 6. The van der Waals surface area contributed by atoms with Crippen LogP contribution >= 0.6 is 24.0 Å². The Morgan fingerprint density at radius 2 is 2.00 bits per heavy atom. The Morgan fingerprint density at radius 3 is 2.47 bits per heavy atom. The number of hydrogen-bond acceptors (Lipinski definition) is 5. The van der Waals surface area contributed by atoms with Crippen molar-refractivity contribution in [1.82, 2.24) is 5.32 Å². The van der Waals surface area contributed by atoms with E-state index >= 15 is 0 Å². The molecule has 0 aliphatic heterocycles. The summed E-state index contributed by atoms with van der Waals surface area (Å²) in [6.07, 6.45) is 3.88. The minimum atomic E-state index is -4.03. The van der Waals surface area contributed by atoms with Gasteiger partial charge in [-0.1, -0.05) is 18.6 Å². The van der Waals surface area contributed by atoms with Crippen LogP contribution < -0.4 is 56.7 Å². The zero-order valence-electron chi connectivity index (χ0n) is 8.99. The second kappa shape index (κ2) is 10.9. The molecule has 0 heterocycles. The second-order valence-corrected chi connectivity index (χ2v) is 5.75. The van der Waals surface area contributed by atoms with Gasteiger partial charge in [0, 0.05) is 12.3 Å². The van der Waals surface area contributed by atoms with Crippen molar-refractivity contribution < 1.29 is 64.4 Å². The maximum atomic E-state index is 10.2. The normalized spacial score (nSPS) is 10.5. The summed E-state index contributed by atoms with van der Waals surface area (Å²) in [7, 11) is -4.03. The topological polar surface area (TPSA) is 69.2 Å². The van der Waals surface area contributed by atoms with Crippen molar-refractivity contribution in [3.8, 4) is 0 Å². The monoisotopic (exact) mass is 295 g/mol. The van der Waals surface area contributed by atoms with Crippen molar-refractivity contribution in [3.05, 3.63) is 0 Å². The van der Waals surface area contributed by atoms with Crippen LogP contribution in [0, 0.1) is 0 Å². The first-order valence-electron chi connectivity index (χ1n) is 4.21. The first-order valence-corrected chi connectivity index (χ1v) is 7.42. The molecule has 15 heavy (non-hydrogen) atoms. The minimum absolute atomic E-state index is 0. The molecule has 1 N–H and O–H groups in total. The van der Waals surface area contributed by atoms with Crippen LogP contribution in [0.1, 0.15) is 19.3 Å². The third-order valence-electron chi connectivity index (χ3n) is 1.53. The fourth-order valence-corrected chi connectivity index (χ4v) is 1.75. The van der Waals surface area contributed by atoms with Crippen LogP contribution in [0.2, 0.25) is 0 Å². The standard InChI is InChI=1S/C7H15NO3S3.K/c1-13-7(12)8-5-3-2-4-6-14(9,10)11;/h2-6H2,1H3,(H,8,12)(H,9,10,11);/q;+1/p-1. The summed E-state index contributed by atoms with van der Waals surface area (Å²) in [4.78, 5) is 0. The number of thiocarbonyl (C=S) groups is 1. The predicted molar refractivity (Wildman–Crippen MR) is 62.5 cm³/mol. The van der Waals surface area contributed by atoms with Crippen LogP contribution in [0.5, 0.6) is 0 Å². The van der Waals surface area contributed by atoms with Crippen LogP contribution in [-0.2, 0) is 10.1 Å². The van der Waals surface area contributed by atoms with E-state index in [0.29, 0.717) is 6.42 Å². The van der Waals surface area contributed by atoms with E-state index in [1.807, 2.05) is 6.26 Å². The zero-order valence-corrected chi connectivity index (χ0v) is 14.6. The Labute approximate surface area is 144 Å². The molecule has 0 unspecified atom stereocenters. The number of unbranched alkanes of at least 4 members (excludes halogenated alkanes) is 2. The third kappa shape index (κ3) is 15.8. The van der Waals surface area contributed by atoms with Gasteiger partial charge in [-0.05, 0) is 19.1 Å². The summed E-state index contributed by atoms with van der Waals surface area (Å²) < 4.78 is 31.4. The van der Waals surface area contributed by atoms with Gasteiger partial charge in [0.25, 0.3) is 0 Å². The molecule has 0 saturated heterocycles. The van der Waals surface area contributed by atoms with E-state index < -0.39 is 10.1 Å². The molecule has 0 fully saturated rings. The average Bonchev–Trinajstić information content (AvgIpc) is 2.08. The summed E-state index contributed by atoms with van der Waals surface area (Å²) in [6, 6.07) is 0. The van der Waals surface area contributed by atoms with Crippen molar-refractivity contribution in [2.75, 3.05) is 18.6 Å². The van der Waals surface area contributed by atoms with Gasteiger partial charge in [0.15, 0.2) is 0 Å². The molecule has 0 amide bonds. The Hall–Kier alpha value is 1.79. The molecule has 0 aromatic rings. The van der Waals surface area contributed by atoms with Crippen molar-refractivity contribution >= 4 is 38.4 Å². The van der Waals surface area contributed by atoms with E-state index in [9.17, 15) is 13.0 Å². The molecule has 0 aliphatic rings. The molecule has 0 radical (unpaired) electrons. The van der Waals surface area contributed by atoms with Crippen LogP contribution in [0.25, 0.3) is 0 Å². The van der Waals surface area contributed by atoms with Crippen molar-refractivity contribution in [2.24, 2.45) is 0 Å². The van der Waals surface area contributed by atoms with Crippen LogP contribution in [0.4, 0.5) is 0 Å². The van der Waals surface area contributed by atoms with Crippen molar-refractivity contribution in [2.45, 2.75) is 19.3 Å². The molecular weight excluding hydrogens is 281 g/mol. The van der Waals surface area contributed by atoms with E-state index in [4.69, 9.17) is 12.2 Å². The van der Waals surface area contributed by atoms with Gasteiger partial charge in [0.1, 0.15) is 4.32 Å². The summed E-state index contributed by atoms with van der Waals surface area (Å²) in [6.45, 7) is 0.735. The Kier molecular flexibility index (Phi) is 13.9. The molecule has 0 saturated carbocycles. The predicted octanol–water partition coefficient (Wildman–Crippen LogP) is -2.06. The van der Waals surface area contributed by atoms with Gasteiger partial charge in [-0.2, -0.15) is 0 Å². The fourth-order valence-electron chi connectivity index (χ4n) is 0.843. The Balaban J connectivity index is 0. The first kappa shape index (κ1) is 19.1. The number of nitrogens with one attached hydrogen (secondary N) is 1. The van der Waals surface area contributed by atoms with Gasteiger partial charge in [-0.25, -0.2) is 8.42 Å². The molecule has 4 nitrogen and oxygen atoms in total. The maximum Gasteiger partial charge on any atom is 1.00 e. The van der Waals surface area contributed by atoms with Gasteiger partial charge >= 0.3 is 51.4 Å². The molecule has 0 spiro atoms. The molecule has 0 rings (SSSR count). The van der Waals surface area contributed by atoms with Gasteiger partial charge in [0.05, 0.1) is 10.1 Å². The largest absolute Gasteiger partial charge is 1.00 e. The van der Waals surface area contributed by atoms with Gasteiger partial charge in [-0.15, -0.1) is 11.8 Å². The number of hydrogen-bond donors (Lipinski definition) is 1. The van der Waals surface area contributed by atoms with E-state index in [1.54, 1.807) is 0 Å². The van der Waals surface area contributed by atoms with Crippen molar-refractivity contribution in [3.63, 3.8) is 0 Å². The Morgan fingerprint density at radius 1 is 1.40 bits per heavy atom. The summed E-state index contributed by atoms with van der Waals surface area (Å²) in [5.74, 6) is -0.264. The van der Waals surface area contributed by atoms with E-state index in [2.05, 4.69) is 5.32 Å². The fraction of sp³-hybridized carbons (Fsp3) is 0.857. The zero-order chi connectivity index (χ0) is 11.0. The third-order valence-corrected chi connectivity index (χ3v) is 3.47. The first-order chi connectivity index (χ1) is 6.45. The van der Waals surface area contributed by atoms with E-state index in [0.717, 1.165) is 23.7 Å². The SMILES string of the molecule is CSC(=S)NCCCCCS(=O)(=O)[O-].[K+]. The quantitative estimate of drug-likeness (QED) is 0.263. The van der Waals surface area contributed by atoms with Gasteiger partial charge < -0.3 is 9.87 Å². The van der Waals surface area contributed by atoms with E-state index in [1.165, 1.54) is 11.8 Å². The molecule has 0 aromatic carbocycles.